The Morgan fingerprint density at radius 3 is 2.64 bits per heavy atom. The molecule has 6 nitrogen and oxygen atoms in total. The summed E-state index contributed by atoms with van der Waals surface area (Å²) >= 11 is 0. The third kappa shape index (κ3) is 2.42. The molecule has 0 bridgehead atoms. The van der Waals surface area contributed by atoms with Crippen molar-refractivity contribution in [1.29, 1.82) is 0 Å². The summed E-state index contributed by atoms with van der Waals surface area (Å²) in [6, 6.07) is -1.13. The van der Waals surface area contributed by atoms with Crippen molar-refractivity contribution in [2.45, 2.75) is 38.6 Å². The van der Waals surface area contributed by atoms with Gasteiger partial charge < -0.3 is 25.1 Å². The number of aliphatic hydroxyl groups is 1. The van der Waals surface area contributed by atoms with Crippen LogP contribution in [0.4, 0.5) is 0 Å². The predicted octanol–water partition coefficient (Wildman–Crippen LogP) is -1.04. The molecule has 1 fully saturated rings. The van der Waals surface area contributed by atoms with Crippen molar-refractivity contribution < 1.29 is 24.1 Å². The van der Waals surface area contributed by atoms with E-state index in [0.717, 1.165) is 0 Å². The van der Waals surface area contributed by atoms with Crippen molar-refractivity contribution in [1.82, 2.24) is 0 Å². The molecule has 0 radical (unpaired) electrons. The van der Waals surface area contributed by atoms with Crippen LogP contribution in [0.5, 0.6) is 0 Å². The summed E-state index contributed by atoms with van der Waals surface area (Å²) in [4.78, 5) is 11.1. The van der Waals surface area contributed by atoms with E-state index in [2.05, 4.69) is 4.74 Å². The van der Waals surface area contributed by atoms with E-state index in [9.17, 15) is 9.90 Å². The number of carbonyl (C=O) groups is 1. The second-order valence-corrected chi connectivity index (χ2v) is 2.98. The first-order valence-electron chi connectivity index (χ1n) is 4.47. The normalized spacial score (nSPS) is 30.3. The van der Waals surface area contributed by atoms with Crippen molar-refractivity contribution in [2.75, 3.05) is 6.61 Å². The van der Waals surface area contributed by atoms with Crippen LogP contribution in [0.2, 0.25) is 0 Å². The molecule has 0 unspecified atom stereocenters. The topological polar surface area (TPSA) is 91.0 Å². The van der Waals surface area contributed by atoms with E-state index in [4.69, 9.17) is 15.2 Å². The van der Waals surface area contributed by atoms with E-state index < -0.39 is 24.4 Å². The SMILES string of the molecule is CCOC(=O)[C@@H](N)[C@H](O)C1OC(C)O1. The molecule has 3 N–H and O–H groups in total. The molecule has 6 heteroatoms. The van der Waals surface area contributed by atoms with Gasteiger partial charge in [0.25, 0.3) is 0 Å². The van der Waals surface area contributed by atoms with Crippen LogP contribution in [0.1, 0.15) is 13.8 Å². The summed E-state index contributed by atoms with van der Waals surface area (Å²) in [6.07, 6.45) is -2.38. The van der Waals surface area contributed by atoms with Gasteiger partial charge in [-0.3, -0.25) is 4.79 Å². The van der Waals surface area contributed by atoms with E-state index in [-0.39, 0.29) is 12.9 Å². The number of rotatable bonds is 4. The molecule has 14 heavy (non-hydrogen) atoms. The number of aliphatic hydroxyl groups excluding tert-OH is 1. The van der Waals surface area contributed by atoms with Crippen LogP contribution in [0.15, 0.2) is 0 Å². The van der Waals surface area contributed by atoms with Gasteiger partial charge in [0.1, 0.15) is 12.1 Å². The van der Waals surface area contributed by atoms with Crippen molar-refractivity contribution in [3.05, 3.63) is 0 Å². The van der Waals surface area contributed by atoms with Gasteiger partial charge in [0.15, 0.2) is 12.6 Å². The monoisotopic (exact) mass is 205 g/mol. The lowest BCUT2D eigenvalue weighted by Crippen LogP contribution is -2.56. The third-order valence-electron chi connectivity index (χ3n) is 1.86. The average Bonchev–Trinajstić information content (AvgIpc) is 2.11. The van der Waals surface area contributed by atoms with E-state index >= 15 is 0 Å². The Kier molecular flexibility index (Phi) is 3.82. The van der Waals surface area contributed by atoms with E-state index in [0.29, 0.717) is 0 Å². The van der Waals surface area contributed by atoms with Crippen LogP contribution in [0.25, 0.3) is 0 Å². The Hall–Kier alpha value is -0.690. The Balaban J connectivity index is 2.36. The Labute approximate surface area is 81.9 Å². The minimum atomic E-state index is -1.19. The van der Waals surface area contributed by atoms with Crippen molar-refractivity contribution in [2.24, 2.45) is 5.73 Å². The summed E-state index contributed by atoms with van der Waals surface area (Å²) in [5.41, 5.74) is 5.42. The van der Waals surface area contributed by atoms with Gasteiger partial charge in [-0.1, -0.05) is 0 Å². The second-order valence-electron chi connectivity index (χ2n) is 2.98. The molecule has 1 aliphatic heterocycles. The van der Waals surface area contributed by atoms with Gasteiger partial charge in [0.05, 0.1) is 6.61 Å². The Morgan fingerprint density at radius 1 is 1.64 bits per heavy atom. The molecule has 1 rings (SSSR count). The molecule has 2 atom stereocenters. The molecule has 1 aliphatic rings. The van der Waals surface area contributed by atoms with Gasteiger partial charge in [-0.2, -0.15) is 0 Å². The molecule has 0 spiro atoms. The number of hydrogen-bond donors (Lipinski definition) is 2. The van der Waals surface area contributed by atoms with E-state index in [1.165, 1.54) is 0 Å². The van der Waals surface area contributed by atoms with Gasteiger partial charge >= 0.3 is 5.97 Å². The molecular weight excluding hydrogens is 190 g/mol. The third-order valence-corrected chi connectivity index (χ3v) is 1.86. The lowest BCUT2D eigenvalue weighted by molar-refractivity contribution is -0.399. The minimum Gasteiger partial charge on any atom is -0.465 e. The second kappa shape index (κ2) is 4.70. The van der Waals surface area contributed by atoms with Crippen molar-refractivity contribution in [3.63, 3.8) is 0 Å². The smallest absolute Gasteiger partial charge is 0.325 e. The first-order valence-corrected chi connectivity index (χ1v) is 4.47. The molecule has 0 aromatic carbocycles. The van der Waals surface area contributed by atoms with E-state index in [1.807, 2.05) is 0 Å². The van der Waals surface area contributed by atoms with Crippen LogP contribution >= 0.6 is 0 Å². The zero-order valence-corrected chi connectivity index (χ0v) is 8.17. The zero-order chi connectivity index (χ0) is 10.7. The van der Waals surface area contributed by atoms with Gasteiger partial charge in [0.2, 0.25) is 0 Å². The standard InChI is InChI=1S/C8H15NO5/c1-3-12-7(11)5(9)6(10)8-13-4(2)14-8/h4-6,8,10H,3,9H2,1-2H3/t4?,5-,6-,8?/m0/s1. The molecule has 82 valence electrons. The fraction of sp³-hybridized carbons (Fsp3) is 0.875. The molecule has 0 saturated carbocycles. The Bertz CT molecular complexity index is 204. The van der Waals surface area contributed by atoms with Gasteiger partial charge in [-0.25, -0.2) is 0 Å². The molecule has 1 heterocycles. The zero-order valence-electron chi connectivity index (χ0n) is 8.17. The van der Waals surface area contributed by atoms with Crippen LogP contribution in [0, 0.1) is 0 Å². The lowest BCUT2D eigenvalue weighted by Gasteiger charge is -2.37. The molecule has 0 aromatic heterocycles. The maximum atomic E-state index is 11.1. The molecular formula is C8H15NO5. The van der Waals surface area contributed by atoms with Crippen LogP contribution < -0.4 is 5.73 Å². The van der Waals surface area contributed by atoms with Crippen molar-refractivity contribution >= 4 is 5.97 Å². The Morgan fingerprint density at radius 2 is 2.21 bits per heavy atom. The van der Waals surface area contributed by atoms with Crippen molar-refractivity contribution in [3.8, 4) is 0 Å². The molecule has 0 aromatic rings. The van der Waals surface area contributed by atoms with Gasteiger partial charge in [-0.05, 0) is 13.8 Å². The number of nitrogens with two attached hydrogens (primary N) is 1. The maximum Gasteiger partial charge on any atom is 0.325 e. The highest BCUT2D eigenvalue weighted by atomic mass is 16.9. The van der Waals surface area contributed by atoms with Crippen LogP contribution in [-0.2, 0) is 19.0 Å². The largest absolute Gasteiger partial charge is 0.465 e. The van der Waals surface area contributed by atoms with Crippen LogP contribution in [-0.4, -0.2) is 42.4 Å². The van der Waals surface area contributed by atoms with Gasteiger partial charge in [0, 0.05) is 0 Å². The first kappa shape index (κ1) is 11.4. The highest BCUT2D eigenvalue weighted by Gasteiger charge is 2.39. The molecule has 1 saturated heterocycles. The average molecular weight is 205 g/mol. The maximum absolute atomic E-state index is 11.1. The summed E-state index contributed by atoms with van der Waals surface area (Å²) in [6.45, 7) is 3.57. The highest BCUT2D eigenvalue weighted by molar-refractivity contribution is 5.76. The molecule has 0 aliphatic carbocycles. The number of carbonyl (C=O) groups excluding carboxylic acids is 1. The fourth-order valence-electron chi connectivity index (χ4n) is 1.10. The van der Waals surface area contributed by atoms with Crippen LogP contribution in [0.3, 0.4) is 0 Å². The van der Waals surface area contributed by atoms with E-state index in [1.54, 1.807) is 13.8 Å². The predicted molar refractivity (Wildman–Crippen MR) is 46.0 cm³/mol. The number of esters is 1. The fourth-order valence-corrected chi connectivity index (χ4v) is 1.10. The number of hydrogen-bond acceptors (Lipinski definition) is 6. The first-order chi connectivity index (χ1) is 6.56. The van der Waals surface area contributed by atoms with Gasteiger partial charge in [-0.15, -0.1) is 0 Å². The summed E-state index contributed by atoms with van der Waals surface area (Å²) in [7, 11) is 0. The quantitative estimate of drug-likeness (QED) is 0.569. The summed E-state index contributed by atoms with van der Waals surface area (Å²) < 4.78 is 14.6. The minimum absolute atomic E-state index is 0.224. The number of ether oxygens (including phenoxy) is 3. The molecule has 0 amide bonds. The summed E-state index contributed by atoms with van der Waals surface area (Å²) in [5, 5.41) is 9.48. The summed E-state index contributed by atoms with van der Waals surface area (Å²) in [5.74, 6) is -0.660. The lowest BCUT2D eigenvalue weighted by atomic mass is 10.1. The highest BCUT2D eigenvalue weighted by Crippen LogP contribution is 2.20.